The fraction of sp³-hybridized carbons (Fsp3) is 0.500. The zero-order chi connectivity index (χ0) is 13.1. The molecule has 1 saturated heterocycles. The molecular formula is C12H17BN5O. The first-order valence-electron chi connectivity index (χ1n) is 6.52. The van der Waals surface area contributed by atoms with Gasteiger partial charge in [0.1, 0.15) is 17.8 Å². The molecule has 2 aromatic heterocycles. The van der Waals surface area contributed by atoms with E-state index >= 15 is 0 Å². The highest BCUT2D eigenvalue weighted by atomic mass is 16.4. The van der Waals surface area contributed by atoms with E-state index in [1.807, 2.05) is 12.3 Å². The maximum atomic E-state index is 4.93. The second kappa shape index (κ2) is 5.58. The number of aromatic nitrogens is 3. The first-order valence-corrected chi connectivity index (χ1v) is 6.52. The van der Waals surface area contributed by atoms with Gasteiger partial charge >= 0.3 is 7.62 Å². The first kappa shape index (κ1) is 12.4. The number of fused-ring (bicyclic) bond motifs is 1. The maximum absolute atomic E-state index is 4.93. The Balaban J connectivity index is 1.69. The van der Waals surface area contributed by atoms with Crippen molar-refractivity contribution in [2.45, 2.75) is 18.9 Å². The Bertz CT molecular complexity index is 538. The lowest BCUT2D eigenvalue weighted by molar-refractivity contribution is 0.400. The standard InChI is InChI=1S/C12H17BN5O/c1-19-13-17-9-3-6-18(7-4-9)12-10-2-5-14-11(10)15-8-16-12/h2,5,8-9,17H,3-4,6-7H2,1H3,(H,14,15,16). The Morgan fingerprint density at radius 2 is 2.26 bits per heavy atom. The minimum Gasteiger partial charge on any atom is -0.427 e. The molecular weight excluding hydrogens is 241 g/mol. The van der Waals surface area contributed by atoms with Crippen molar-refractivity contribution in [2.24, 2.45) is 0 Å². The number of rotatable bonds is 4. The number of hydrogen-bond donors (Lipinski definition) is 2. The number of aromatic amines is 1. The molecule has 3 rings (SSSR count). The summed E-state index contributed by atoms with van der Waals surface area (Å²) >= 11 is 0. The van der Waals surface area contributed by atoms with Crippen molar-refractivity contribution in [3.8, 4) is 0 Å². The summed E-state index contributed by atoms with van der Waals surface area (Å²) in [5.41, 5.74) is 0.901. The number of H-pyrrole nitrogens is 1. The predicted octanol–water partition coefficient (Wildman–Crippen LogP) is 0.697. The number of hydrogen-bond acceptors (Lipinski definition) is 5. The van der Waals surface area contributed by atoms with Gasteiger partial charge in [0.2, 0.25) is 0 Å². The van der Waals surface area contributed by atoms with E-state index in [0.29, 0.717) is 6.04 Å². The molecule has 6 nitrogen and oxygen atoms in total. The van der Waals surface area contributed by atoms with Crippen molar-refractivity contribution in [1.82, 2.24) is 20.2 Å². The Labute approximate surface area is 112 Å². The summed E-state index contributed by atoms with van der Waals surface area (Å²) in [6.07, 6.45) is 5.69. The molecule has 0 saturated carbocycles. The zero-order valence-electron chi connectivity index (χ0n) is 11.0. The largest absolute Gasteiger partial charge is 0.427 e. The van der Waals surface area contributed by atoms with Crippen LogP contribution in [0.3, 0.4) is 0 Å². The molecule has 7 heteroatoms. The Hall–Kier alpha value is -1.60. The number of nitrogens with zero attached hydrogens (tertiary/aromatic N) is 3. The van der Waals surface area contributed by atoms with E-state index in [4.69, 9.17) is 4.65 Å². The monoisotopic (exact) mass is 258 g/mol. The van der Waals surface area contributed by atoms with Gasteiger partial charge in [-0.25, -0.2) is 9.97 Å². The molecule has 2 aromatic rings. The van der Waals surface area contributed by atoms with Crippen molar-refractivity contribution >= 4 is 24.5 Å². The van der Waals surface area contributed by atoms with Gasteiger partial charge in [0.05, 0.1) is 5.39 Å². The Morgan fingerprint density at radius 1 is 1.42 bits per heavy atom. The van der Waals surface area contributed by atoms with Crippen molar-refractivity contribution in [2.75, 3.05) is 25.1 Å². The first-order chi connectivity index (χ1) is 9.38. The summed E-state index contributed by atoms with van der Waals surface area (Å²) in [6, 6.07) is 2.52. The van der Waals surface area contributed by atoms with E-state index in [1.165, 1.54) is 0 Å². The summed E-state index contributed by atoms with van der Waals surface area (Å²) in [5, 5.41) is 4.36. The fourth-order valence-electron chi connectivity index (χ4n) is 2.53. The molecule has 19 heavy (non-hydrogen) atoms. The van der Waals surface area contributed by atoms with Crippen molar-refractivity contribution in [1.29, 1.82) is 0 Å². The normalized spacial score (nSPS) is 17.0. The fourth-order valence-corrected chi connectivity index (χ4v) is 2.53. The van der Waals surface area contributed by atoms with Crippen molar-refractivity contribution in [3.05, 3.63) is 18.6 Å². The lowest BCUT2D eigenvalue weighted by atomic mass is 10.0. The van der Waals surface area contributed by atoms with E-state index in [0.717, 1.165) is 42.8 Å². The molecule has 1 fully saturated rings. The van der Waals surface area contributed by atoms with Crippen LogP contribution in [-0.2, 0) is 4.65 Å². The summed E-state index contributed by atoms with van der Waals surface area (Å²) in [7, 11) is 3.32. The molecule has 0 amide bonds. The van der Waals surface area contributed by atoms with Crippen molar-refractivity contribution < 1.29 is 4.65 Å². The van der Waals surface area contributed by atoms with Gasteiger partial charge in [-0.1, -0.05) is 0 Å². The van der Waals surface area contributed by atoms with E-state index in [1.54, 1.807) is 21.1 Å². The van der Waals surface area contributed by atoms with Crippen LogP contribution < -0.4 is 10.1 Å². The smallest absolute Gasteiger partial charge is 0.395 e. The molecule has 0 aliphatic carbocycles. The second-order valence-corrected chi connectivity index (χ2v) is 4.72. The van der Waals surface area contributed by atoms with Crippen LogP contribution in [0.15, 0.2) is 18.6 Å². The summed E-state index contributed by atoms with van der Waals surface area (Å²) < 4.78 is 4.93. The topological polar surface area (TPSA) is 66.1 Å². The molecule has 99 valence electrons. The minimum absolute atomic E-state index is 0.486. The molecule has 0 atom stereocenters. The van der Waals surface area contributed by atoms with Crippen LogP contribution in [0.2, 0.25) is 0 Å². The van der Waals surface area contributed by atoms with Crippen LogP contribution in [0.1, 0.15) is 12.8 Å². The zero-order valence-corrected chi connectivity index (χ0v) is 11.0. The number of piperidine rings is 1. The van der Waals surface area contributed by atoms with Gasteiger partial charge in [-0.3, -0.25) is 0 Å². The van der Waals surface area contributed by atoms with Gasteiger partial charge < -0.3 is 19.8 Å². The number of anilines is 1. The van der Waals surface area contributed by atoms with Crippen LogP contribution in [-0.4, -0.2) is 48.8 Å². The van der Waals surface area contributed by atoms with Gasteiger partial charge in [-0.15, -0.1) is 0 Å². The Morgan fingerprint density at radius 3 is 3.05 bits per heavy atom. The third-order valence-corrected chi connectivity index (χ3v) is 3.55. The lowest BCUT2D eigenvalue weighted by Gasteiger charge is -2.33. The maximum Gasteiger partial charge on any atom is 0.395 e. The van der Waals surface area contributed by atoms with Crippen LogP contribution in [0.5, 0.6) is 0 Å². The van der Waals surface area contributed by atoms with E-state index in [-0.39, 0.29) is 0 Å². The molecule has 2 N–H and O–H groups in total. The van der Waals surface area contributed by atoms with Crippen LogP contribution in [0.4, 0.5) is 5.82 Å². The molecule has 0 unspecified atom stereocenters. The third kappa shape index (κ3) is 2.57. The molecule has 3 heterocycles. The number of nitrogens with one attached hydrogen (secondary N) is 2. The van der Waals surface area contributed by atoms with Gasteiger partial charge in [0, 0.05) is 32.4 Å². The van der Waals surface area contributed by atoms with E-state index in [9.17, 15) is 0 Å². The van der Waals surface area contributed by atoms with Crippen molar-refractivity contribution in [3.63, 3.8) is 0 Å². The SMILES string of the molecule is CO[B]NC1CCN(c2ncnc3[nH]ccc23)CC1. The highest BCUT2D eigenvalue weighted by Crippen LogP contribution is 2.24. The molecule has 1 aliphatic heterocycles. The predicted molar refractivity (Wildman–Crippen MR) is 75.0 cm³/mol. The minimum atomic E-state index is 0.486. The highest BCUT2D eigenvalue weighted by molar-refractivity contribution is 6.23. The highest BCUT2D eigenvalue weighted by Gasteiger charge is 2.21. The van der Waals surface area contributed by atoms with Gasteiger partial charge in [-0.05, 0) is 18.9 Å². The lowest BCUT2D eigenvalue weighted by Crippen LogP contribution is -2.44. The van der Waals surface area contributed by atoms with Gasteiger partial charge in [-0.2, -0.15) is 0 Å². The van der Waals surface area contributed by atoms with Crippen LogP contribution in [0, 0.1) is 0 Å². The molecule has 1 radical (unpaired) electrons. The average Bonchev–Trinajstić information content (AvgIpc) is 2.94. The quantitative estimate of drug-likeness (QED) is 0.790. The Kier molecular flexibility index (Phi) is 3.66. The van der Waals surface area contributed by atoms with E-state index in [2.05, 4.69) is 25.1 Å². The van der Waals surface area contributed by atoms with Gasteiger partial charge in [0.15, 0.2) is 0 Å². The van der Waals surface area contributed by atoms with Gasteiger partial charge in [0.25, 0.3) is 0 Å². The van der Waals surface area contributed by atoms with Crippen LogP contribution in [0.25, 0.3) is 11.0 Å². The molecule has 0 bridgehead atoms. The molecule has 0 aromatic carbocycles. The summed E-state index contributed by atoms with van der Waals surface area (Å²) in [5.74, 6) is 1.03. The average molecular weight is 258 g/mol. The summed E-state index contributed by atoms with van der Waals surface area (Å²) in [6.45, 7) is 1.99. The van der Waals surface area contributed by atoms with Crippen LogP contribution >= 0.6 is 0 Å². The van der Waals surface area contributed by atoms with E-state index < -0.39 is 0 Å². The second-order valence-electron chi connectivity index (χ2n) is 4.72. The molecule has 0 spiro atoms. The molecule has 1 aliphatic rings. The summed E-state index contributed by atoms with van der Waals surface area (Å²) in [4.78, 5) is 14.1. The third-order valence-electron chi connectivity index (χ3n) is 3.55.